The Morgan fingerprint density at radius 2 is 1.73 bits per heavy atom. The number of hydrogen-bond donors (Lipinski definition) is 3. The highest BCUT2D eigenvalue weighted by Gasteiger charge is 2.61. The van der Waals surface area contributed by atoms with Crippen molar-refractivity contribution in [2.24, 2.45) is 7.05 Å². The van der Waals surface area contributed by atoms with Crippen LogP contribution in [0.3, 0.4) is 0 Å². The lowest BCUT2D eigenvalue weighted by Gasteiger charge is -2.34. The van der Waals surface area contributed by atoms with Gasteiger partial charge in [-0.05, 0) is 113 Å². The maximum atomic E-state index is 13.9. The quantitative estimate of drug-likeness (QED) is 0.222. The van der Waals surface area contributed by atoms with Gasteiger partial charge in [0.25, 0.3) is 0 Å². The summed E-state index contributed by atoms with van der Waals surface area (Å²) in [7, 11) is -1.90. The van der Waals surface area contributed by atoms with Crippen LogP contribution in [-0.2, 0) is 38.6 Å². The highest BCUT2D eigenvalue weighted by Crippen LogP contribution is 2.57. The van der Waals surface area contributed by atoms with Gasteiger partial charge in [0.2, 0.25) is 27.8 Å². The number of fused-ring (bicyclic) bond motifs is 3. The smallest absolute Gasteiger partial charge is 0.329 e. The van der Waals surface area contributed by atoms with Gasteiger partial charge in [0.15, 0.2) is 5.82 Å². The molecular weight excluding hydrogens is 787 g/mol. The van der Waals surface area contributed by atoms with E-state index in [1.54, 1.807) is 23.1 Å². The van der Waals surface area contributed by atoms with E-state index < -0.39 is 27.6 Å². The normalized spacial score (nSPS) is 24.3. The van der Waals surface area contributed by atoms with E-state index in [2.05, 4.69) is 42.7 Å². The van der Waals surface area contributed by atoms with E-state index in [9.17, 15) is 27.9 Å². The summed E-state index contributed by atoms with van der Waals surface area (Å²) >= 11 is 0. The molecule has 17 nitrogen and oxygen atoms in total. The van der Waals surface area contributed by atoms with Gasteiger partial charge in [-0.3, -0.25) is 39.3 Å². The van der Waals surface area contributed by atoms with Crippen molar-refractivity contribution >= 4 is 56.4 Å². The number of amides is 4. The number of piperidine rings is 2. The number of anilines is 3. The number of carbonyl (C=O) groups excluding carboxylic acids is 3. The molecular formula is C42H51N11O6S. The molecule has 6 aliphatic rings. The van der Waals surface area contributed by atoms with Crippen molar-refractivity contribution in [3.05, 3.63) is 59.5 Å². The second kappa shape index (κ2) is 15.1. The zero-order chi connectivity index (χ0) is 41.3. The maximum Gasteiger partial charge on any atom is 0.329 e. The van der Waals surface area contributed by atoms with Crippen molar-refractivity contribution < 1.29 is 27.9 Å². The van der Waals surface area contributed by atoms with Gasteiger partial charge in [0.1, 0.15) is 10.7 Å². The van der Waals surface area contributed by atoms with E-state index in [-0.39, 0.29) is 35.2 Å². The van der Waals surface area contributed by atoms with Gasteiger partial charge in [-0.1, -0.05) is 6.07 Å². The van der Waals surface area contributed by atoms with Crippen LogP contribution in [0, 0.1) is 0 Å². The number of nitrogens with one attached hydrogen (secondary N) is 2. The monoisotopic (exact) mass is 837 g/mol. The summed E-state index contributed by atoms with van der Waals surface area (Å²) in [5, 5.41) is 21.7. The van der Waals surface area contributed by atoms with Crippen molar-refractivity contribution in [3.8, 4) is 0 Å². The van der Waals surface area contributed by atoms with E-state index >= 15 is 0 Å². The molecule has 2 atom stereocenters. The molecule has 5 fully saturated rings. The molecule has 0 bridgehead atoms. The van der Waals surface area contributed by atoms with E-state index in [4.69, 9.17) is 4.98 Å². The second-order valence-electron chi connectivity index (χ2n) is 17.5. The third-order valence-corrected chi connectivity index (χ3v) is 15.6. The minimum absolute atomic E-state index is 0.0295. The topological polar surface area (TPSA) is 199 Å². The Labute approximate surface area is 348 Å². The lowest BCUT2D eigenvalue weighted by molar-refractivity contribution is -0.121. The molecule has 0 radical (unpaired) electrons. The molecule has 4 aromatic rings. The number of urea groups is 1. The Morgan fingerprint density at radius 1 is 0.933 bits per heavy atom. The minimum Gasteiger partial charge on any atom is -0.393 e. The lowest BCUT2D eigenvalue weighted by Crippen LogP contribution is -2.49. The third kappa shape index (κ3) is 7.00. The van der Waals surface area contributed by atoms with Crippen LogP contribution in [0.5, 0.6) is 0 Å². The maximum absolute atomic E-state index is 13.9. The molecule has 7 heterocycles. The fourth-order valence-corrected chi connectivity index (χ4v) is 11.6. The van der Waals surface area contributed by atoms with Crippen molar-refractivity contribution in [2.45, 2.75) is 112 Å². The molecule has 1 spiro atoms. The van der Waals surface area contributed by atoms with Crippen molar-refractivity contribution in [1.82, 2.24) is 39.3 Å². The van der Waals surface area contributed by atoms with Crippen molar-refractivity contribution in [2.75, 3.05) is 47.8 Å². The van der Waals surface area contributed by atoms with Crippen LogP contribution >= 0.6 is 0 Å². The first-order valence-corrected chi connectivity index (χ1v) is 22.8. The fourth-order valence-electron chi connectivity index (χ4n) is 10.1. The van der Waals surface area contributed by atoms with Crippen LogP contribution in [0.2, 0.25) is 0 Å². The second-order valence-corrected chi connectivity index (χ2v) is 19.5. The summed E-state index contributed by atoms with van der Waals surface area (Å²) in [5.41, 5.74) is 3.39. The molecule has 1 aromatic carbocycles. The van der Waals surface area contributed by atoms with Gasteiger partial charge < -0.3 is 10.4 Å². The molecule has 4 aliphatic heterocycles. The Kier molecular flexibility index (Phi) is 9.88. The van der Waals surface area contributed by atoms with E-state index in [1.807, 2.05) is 18.0 Å². The van der Waals surface area contributed by atoms with Crippen LogP contribution in [0.1, 0.15) is 93.2 Å². The number of aliphatic hydroxyl groups excluding tert-OH is 1. The number of benzene rings is 1. The van der Waals surface area contributed by atoms with Crippen LogP contribution in [0.15, 0.2) is 47.8 Å². The zero-order valence-electron chi connectivity index (χ0n) is 33.8. The van der Waals surface area contributed by atoms with Gasteiger partial charge in [-0.15, -0.1) is 0 Å². The Hall–Kier alpha value is -5.04. The van der Waals surface area contributed by atoms with Crippen LogP contribution in [0.4, 0.5) is 22.4 Å². The SMILES string of the molecule is Cn1nc(N2CCC(=O)NC2=O)c2ccc(C3CCN(Cc4cncc(S(=O)(=O)N5CCC(Nc6ncc7c(n6)N([C@H]6CCC[C@H](O)C6)C(=O)C76CC6)CC5)c4)CC3)cc21. The zero-order valence-corrected chi connectivity index (χ0v) is 34.6. The fraction of sp³-hybridized carbons (Fsp3) is 0.548. The van der Waals surface area contributed by atoms with Gasteiger partial charge >= 0.3 is 6.03 Å². The van der Waals surface area contributed by atoms with Crippen molar-refractivity contribution in [3.63, 3.8) is 0 Å². The number of pyridine rings is 1. The number of rotatable bonds is 9. The number of likely N-dealkylation sites (tertiary alicyclic amines) is 1. The molecule has 18 heteroatoms. The molecule has 2 saturated carbocycles. The number of aliphatic hydroxyl groups is 1. The van der Waals surface area contributed by atoms with Gasteiger partial charge in [-0.2, -0.15) is 14.4 Å². The molecule has 60 heavy (non-hydrogen) atoms. The van der Waals surface area contributed by atoms with Gasteiger partial charge in [0, 0.05) is 81.3 Å². The molecule has 4 amide bonds. The van der Waals surface area contributed by atoms with E-state index in [0.29, 0.717) is 68.9 Å². The van der Waals surface area contributed by atoms with E-state index in [0.717, 1.165) is 80.1 Å². The van der Waals surface area contributed by atoms with Crippen LogP contribution in [-0.4, -0.2) is 116 Å². The average molecular weight is 838 g/mol. The average Bonchev–Trinajstić information content (AvgIpc) is 3.94. The molecule has 0 unspecified atom stereocenters. The number of sulfonamides is 1. The Morgan fingerprint density at radius 3 is 2.48 bits per heavy atom. The Bertz CT molecular complexity index is 2470. The molecule has 3 aromatic heterocycles. The summed E-state index contributed by atoms with van der Waals surface area (Å²) in [6, 6.07) is 7.50. The highest BCUT2D eigenvalue weighted by atomic mass is 32.2. The molecule has 3 N–H and O–H groups in total. The van der Waals surface area contributed by atoms with Crippen LogP contribution < -0.4 is 20.4 Å². The van der Waals surface area contributed by atoms with Crippen molar-refractivity contribution in [1.29, 1.82) is 0 Å². The molecule has 316 valence electrons. The number of aromatic nitrogens is 5. The number of imide groups is 1. The first-order valence-electron chi connectivity index (χ1n) is 21.4. The number of hydrogen-bond acceptors (Lipinski definition) is 12. The first kappa shape index (κ1) is 39.1. The summed E-state index contributed by atoms with van der Waals surface area (Å²) in [4.78, 5) is 57.6. The molecule has 2 aliphatic carbocycles. The summed E-state index contributed by atoms with van der Waals surface area (Å²) in [5.74, 6) is 1.81. The Balaban J connectivity index is 0.741. The minimum atomic E-state index is -3.76. The highest BCUT2D eigenvalue weighted by molar-refractivity contribution is 7.89. The number of carbonyl (C=O) groups is 3. The number of nitrogens with zero attached hydrogens (tertiary/aromatic N) is 9. The summed E-state index contributed by atoms with van der Waals surface area (Å²) < 4.78 is 31.1. The predicted molar refractivity (Wildman–Crippen MR) is 222 cm³/mol. The summed E-state index contributed by atoms with van der Waals surface area (Å²) in [6.45, 7) is 3.29. The largest absolute Gasteiger partial charge is 0.393 e. The third-order valence-electron chi connectivity index (χ3n) is 13.7. The number of aryl methyl sites for hydroxylation is 1. The van der Waals surface area contributed by atoms with Crippen LogP contribution in [0.25, 0.3) is 10.9 Å². The lowest BCUT2D eigenvalue weighted by atomic mass is 9.89. The molecule has 3 saturated heterocycles. The van der Waals surface area contributed by atoms with Gasteiger partial charge in [-0.25, -0.2) is 18.2 Å². The standard InChI is InChI=1S/C42H51N11O6S/c1-49-35-20-28(5-6-33(35)37(48-49)52-18-11-36(55)46-41(52)57)27-7-14-50(15-8-27)25-26-19-32(23-43-22-26)60(58,59)51-16-9-29(10-17-51)45-40-44-24-34-38(47-40)53(39(56)42(34)12-13-42)30-3-2-4-31(54)21-30/h5-6,19-20,22-24,27,29-31,54H,2-4,7-18,21,25H2,1H3,(H,44,45,47)(H,46,55,57)/t30-,31-/m0/s1. The summed E-state index contributed by atoms with van der Waals surface area (Å²) in [6.07, 6.45) is 12.5. The predicted octanol–water partition coefficient (Wildman–Crippen LogP) is 3.53. The van der Waals surface area contributed by atoms with Gasteiger partial charge in [0.05, 0.1) is 17.0 Å². The van der Waals surface area contributed by atoms with E-state index in [1.165, 1.54) is 21.0 Å². The first-order chi connectivity index (χ1) is 29.0. The molecule has 10 rings (SSSR count).